The maximum Gasteiger partial charge on any atom is 0.303 e. The predicted octanol–water partition coefficient (Wildman–Crippen LogP) is 1.11. The highest BCUT2D eigenvalue weighted by Gasteiger charge is 2.56. The van der Waals surface area contributed by atoms with Crippen LogP contribution in [0.5, 0.6) is 0 Å². The van der Waals surface area contributed by atoms with E-state index < -0.39 is 66.9 Å². The van der Waals surface area contributed by atoms with E-state index in [4.69, 9.17) is 24.5 Å². The van der Waals surface area contributed by atoms with Crippen LogP contribution in [0.15, 0.2) is 29.4 Å². The zero-order chi connectivity index (χ0) is 24.3. The maximum atomic E-state index is 13.1. The Labute approximate surface area is 187 Å². The average Bonchev–Trinajstić information content (AvgIpc) is 2.99. The molecule has 2 heterocycles. The number of hydrogen-bond acceptors (Lipinski definition) is 10. The molecule has 0 saturated carbocycles. The minimum absolute atomic E-state index is 0.0924. The van der Waals surface area contributed by atoms with Gasteiger partial charge in [0.15, 0.2) is 18.4 Å². The van der Waals surface area contributed by atoms with E-state index in [1.807, 2.05) is 0 Å². The van der Waals surface area contributed by atoms with Crippen molar-refractivity contribution in [1.82, 2.24) is 4.90 Å². The first-order chi connectivity index (χ1) is 15.6. The molecule has 2 amide bonds. The fourth-order valence-electron chi connectivity index (χ4n) is 3.80. The van der Waals surface area contributed by atoms with E-state index in [2.05, 4.69) is 10.0 Å². The van der Waals surface area contributed by atoms with E-state index in [1.54, 1.807) is 12.1 Å². The molecule has 33 heavy (non-hydrogen) atoms. The Bertz CT molecular complexity index is 1020. The molecule has 0 spiro atoms. The van der Waals surface area contributed by atoms with Crippen LogP contribution in [0.1, 0.15) is 41.5 Å². The number of ether oxygens (including phenoxy) is 4. The number of esters is 3. The van der Waals surface area contributed by atoms with E-state index in [0.29, 0.717) is 0 Å². The van der Waals surface area contributed by atoms with Gasteiger partial charge in [0.25, 0.3) is 11.8 Å². The van der Waals surface area contributed by atoms with Crippen molar-refractivity contribution in [2.75, 3.05) is 6.61 Å². The number of benzene rings is 1. The highest BCUT2D eigenvalue weighted by molar-refractivity contribution is 6.21. The summed E-state index contributed by atoms with van der Waals surface area (Å²) >= 11 is 0. The van der Waals surface area contributed by atoms with Gasteiger partial charge in [-0.05, 0) is 17.7 Å². The Morgan fingerprint density at radius 3 is 2.03 bits per heavy atom. The third-order valence-electron chi connectivity index (χ3n) is 4.98. The summed E-state index contributed by atoms with van der Waals surface area (Å²) in [4.78, 5) is 64.8. The van der Waals surface area contributed by atoms with Gasteiger partial charge in [0.1, 0.15) is 18.8 Å². The molecule has 0 aromatic heterocycles. The van der Waals surface area contributed by atoms with Crippen molar-refractivity contribution in [2.24, 2.45) is 5.11 Å². The molecule has 0 unspecified atom stereocenters. The van der Waals surface area contributed by atoms with Crippen molar-refractivity contribution in [3.05, 3.63) is 45.8 Å². The van der Waals surface area contributed by atoms with Gasteiger partial charge in [-0.1, -0.05) is 17.2 Å². The Balaban J connectivity index is 2.10. The summed E-state index contributed by atoms with van der Waals surface area (Å²) < 4.78 is 21.3. The Hall–Kier alpha value is -3.96. The Morgan fingerprint density at radius 2 is 1.55 bits per heavy atom. The van der Waals surface area contributed by atoms with Crippen molar-refractivity contribution < 1.29 is 42.9 Å². The van der Waals surface area contributed by atoms with E-state index in [9.17, 15) is 24.0 Å². The van der Waals surface area contributed by atoms with E-state index in [1.165, 1.54) is 12.1 Å². The second-order valence-corrected chi connectivity index (χ2v) is 7.24. The molecule has 1 aromatic carbocycles. The molecule has 0 bridgehead atoms. The van der Waals surface area contributed by atoms with Crippen molar-refractivity contribution in [3.63, 3.8) is 0 Å². The molecule has 174 valence electrons. The smallest absolute Gasteiger partial charge is 0.303 e. The van der Waals surface area contributed by atoms with Crippen LogP contribution < -0.4 is 0 Å². The van der Waals surface area contributed by atoms with Gasteiger partial charge in [0.05, 0.1) is 11.1 Å². The first kappa shape index (κ1) is 23.7. The van der Waals surface area contributed by atoms with Crippen LogP contribution in [0.4, 0.5) is 0 Å². The van der Waals surface area contributed by atoms with Gasteiger partial charge >= 0.3 is 17.9 Å². The van der Waals surface area contributed by atoms with Crippen LogP contribution in [0, 0.1) is 0 Å². The van der Waals surface area contributed by atoms with Crippen molar-refractivity contribution >= 4 is 29.7 Å². The van der Waals surface area contributed by atoms with E-state index >= 15 is 0 Å². The number of carbonyl (C=O) groups excluding carboxylic acids is 5. The molecule has 1 fully saturated rings. The SMILES string of the molecule is CC(=O)OC[C@H]1O[C@H](N=[N+]=[N-])[C@H](N2C(=O)c3ccccc3C2=O)[C@@H](OC(C)=O)[C@@H]1OC(C)=O. The highest BCUT2D eigenvalue weighted by Crippen LogP contribution is 2.35. The number of imide groups is 1. The average molecular weight is 460 g/mol. The van der Waals surface area contributed by atoms with Crippen LogP contribution in [0.2, 0.25) is 0 Å². The van der Waals surface area contributed by atoms with Crippen molar-refractivity contribution in [2.45, 2.75) is 51.4 Å². The summed E-state index contributed by atoms with van der Waals surface area (Å²) in [6.45, 7) is 2.85. The number of nitrogens with zero attached hydrogens (tertiary/aromatic N) is 4. The molecule has 13 nitrogen and oxygen atoms in total. The molecule has 1 aromatic rings. The summed E-state index contributed by atoms with van der Waals surface area (Å²) in [5, 5.41) is 3.53. The van der Waals surface area contributed by atoms with Crippen LogP contribution in [0.25, 0.3) is 10.4 Å². The van der Waals surface area contributed by atoms with Gasteiger partial charge in [0, 0.05) is 25.7 Å². The first-order valence-corrected chi connectivity index (χ1v) is 9.80. The number of hydrogen-bond donors (Lipinski definition) is 0. The molecule has 3 rings (SSSR count). The Kier molecular flexibility index (Phi) is 6.95. The molecule has 0 aliphatic carbocycles. The molecule has 2 aliphatic rings. The topological polar surface area (TPSA) is 174 Å². The predicted molar refractivity (Wildman–Crippen MR) is 106 cm³/mol. The molecule has 2 aliphatic heterocycles. The van der Waals surface area contributed by atoms with Crippen LogP contribution in [-0.2, 0) is 33.3 Å². The molecular weight excluding hydrogens is 440 g/mol. The number of amides is 2. The number of azide groups is 1. The highest BCUT2D eigenvalue weighted by atomic mass is 16.6. The van der Waals surface area contributed by atoms with Gasteiger partial charge in [-0.3, -0.25) is 28.9 Å². The normalized spacial score (nSPS) is 26.2. The minimum Gasteiger partial charge on any atom is -0.463 e. The standard InChI is InChI=1S/C20H20N4O9/c1-9(25)30-8-14-16(31-10(2)26)17(32-11(3)27)15(18(33-14)22-23-21)24-19(28)12-6-4-5-7-13(12)20(24)29/h4-7,14-18H,8H2,1-3H3/t14-,15-,16-,17-,18+/m1/s1. The second kappa shape index (κ2) is 9.67. The molecule has 0 radical (unpaired) electrons. The lowest BCUT2D eigenvalue weighted by Crippen LogP contribution is -2.66. The molecular formula is C20H20N4O9. The molecule has 13 heteroatoms. The first-order valence-electron chi connectivity index (χ1n) is 9.80. The van der Waals surface area contributed by atoms with Crippen molar-refractivity contribution in [3.8, 4) is 0 Å². The fraction of sp³-hybridized carbons (Fsp3) is 0.450. The fourth-order valence-corrected chi connectivity index (χ4v) is 3.80. The van der Waals surface area contributed by atoms with Crippen molar-refractivity contribution in [1.29, 1.82) is 0 Å². The maximum absolute atomic E-state index is 13.1. The van der Waals surface area contributed by atoms with Gasteiger partial charge in [-0.2, -0.15) is 0 Å². The monoisotopic (exact) mass is 460 g/mol. The van der Waals surface area contributed by atoms with Crippen LogP contribution in [-0.4, -0.2) is 71.8 Å². The van der Waals surface area contributed by atoms with Gasteiger partial charge < -0.3 is 18.9 Å². The zero-order valence-electron chi connectivity index (χ0n) is 17.9. The summed E-state index contributed by atoms with van der Waals surface area (Å²) in [5.41, 5.74) is 9.26. The number of rotatable bonds is 6. The van der Waals surface area contributed by atoms with E-state index in [-0.39, 0.29) is 11.1 Å². The summed E-state index contributed by atoms with van der Waals surface area (Å²) in [7, 11) is 0. The Morgan fingerprint density at radius 1 is 1.00 bits per heavy atom. The van der Waals surface area contributed by atoms with E-state index in [0.717, 1.165) is 25.7 Å². The van der Waals surface area contributed by atoms with Crippen LogP contribution >= 0.6 is 0 Å². The minimum atomic E-state index is -1.55. The summed E-state index contributed by atoms with van der Waals surface area (Å²) in [6, 6.07) is 4.53. The third kappa shape index (κ3) is 4.78. The van der Waals surface area contributed by atoms with Gasteiger partial charge in [0.2, 0.25) is 0 Å². The number of carbonyl (C=O) groups is 5. The summed E-state index contributed by atoms with van der Waals surface area (Å²) in [5.74, 6) is -3.77. The number of fused-ring (bicyclic) bond motifs is 1. The lowest BCUT2D eigenvalue weighted by Gasteiger charge is -2.46. The second-order valence-electron chi connectivity index (χ2n) is 7.24. The van der Waals surface area contributed by atoms with Gasteiger partial charge in [-0.25, -0.2) is 0 Å². The quantitative estimate of drug-likeness (QED) is 0.150. The van der Waals surface area contributed by atoms with Gasteiger partial charge in [-0.15, -0.1) is 0 Å². The lowest BCUT2D eigenvalue weighted by molar-refractivity contribution is -0.228. The van der Waals surface area contributed by atoms with Crippen LogP contribution in [0.3, 0.4) is 0 Å². The lowest BCUT2D eigenvalue weighted by atomic mass is 9.94. The molecule has 5 atom stereocenters. The molecule has 1 saturated heterocycles. The zero-order valence-corrected chi connectivity index (χ0v) is 17.9. The third-order valence-corrected chi connectivity index (χ3v) is 4.98. The largest absolute Gasteiger partial charge is 0.463 e. The summed E-state index contributed by atoms with van der Waals surface area (Å²) in [6.07, 6.45) is -5.67. The molecule has 0 N–H and O–H groups in total.